The first-order valence-corrected chi connectivity index (χ1v) is 5.71. The maximum atomic E-state index is 11.2. The Balaban J connectivity index is 3.00. The van der Waals surface area contributed by atoms with Gasteiger partial charge in [-0.3, -0.25) is 4.79 Å². The van der Waals surface area contributed by atoms with Crippen molar-refractivity contribution >= 4 is 5.97 Å². The van der Waals surface area contributed by atoms with Gasteiger partial charge in [0.05, 0.1) is 14.2 Å². The molecule has 0 fully saturated rings. The van der Waals surface area contributed by atoms with Crippen molar-refractivity contribution in [2.45, 2.75) is 33.6 Å². The van der Waals surface area contributed by atoms with Crippen LogP contribution in [0.5, 0.6) is 5.75 Å². The summed E-state index contributed by atoms with van der Waals surface area (Å²) in [6, 6.07) is 2.02. The highest BCUT2D eigenvalue weighted by Gasteiger charge is 2.12. The van der Waals surface area contributed by atoms with Gasteiger partial charge in [0, 0.05) is 6.42 Å². The molecular weight excluding hydrogens is 216 g/mol. The quantitative estimate of drug-likeness (QED) is 0.754. The van der Waals surface area contributed by atoms with E-state index in [-0.39, 0.29) is 5.97 Å². The van der Waals surface area contributed by atoms with Crippen molar-refractivity contribution in [3.05, 3.63) is 28.3 Å². The molecule has 0 saturated heterocycles. The van der Waals surface area contributed by atoms with Gasteiger partial charge in [-0.15, -0.1) is 0 Å². The van der Waals surface area contributed by atoms with E-state index in [1.165, 1.54) is 18.2 Å². The van der Waals surface area contributed by atoms with Crippen LogP contribution in [0.15, 0.2) is 6.07 Å². The largest absolute Gasteiger partial charge is 0.496 e. The summed E-state index contributed by atoms with van der Waals surface area (Å²) in [5.41, 5.74) is 4.71. The fourth-order valence-electron chi connectivity index (χ4n) is 2.02. The lowest BCUT2D eigenvalue weighted by Gasteiger charge is -2.15. The Kier molecular flexibility index (Phi) is 4.55. The molecule has 94 valence electrons. The molecule has 0 aliphatic heterocycles. The fraction of sp³-hybridized carbons (Fsp3) is 0.500. The Hall–Kier alpha value is -1.51. The molecule has 0 bridgehead atoms. The van der Waals surface area contributed by atoms with Crippen LogP contribution in [0.4, 0.5) is 0 Å². The van der Waals surface area contributed by atoms with Gasteiger partial charge in [-0.1, -0.05) is 0 Å². The average molecular weight is 236 g/mol. The minimum atomic E-state index is -0.169. The molecule has 1 aromatic carbocycles. The SMILES string of the molecule is COC(=O)CCc1c(C)cc(OC)c(C)c1C. The summed E-state index contributed by atoms with van der Waals surface area (Å²) in [6.45, 7) is 6.15. The van der Waals surface area contributed by atoms with Crippen LogP contribution in [0.25, 0.3) is 0 Å². The van der Waals surface area contributed by atoms with Gasteiger partial charge < -0.3 is 9.47 Å². The summed E-state index contributed by atoms with van der Waals surface area (Å²) in [4.78, 5) is 11.2. The summed E-state index contributed by atoms with van der Waals surface area (Å²) in [7, 11) is 3.09. The second-order valence-electron chi connectivity index (χ2n) is 4.20. The van der Waals surface area contributed by atoms with Crippen molar-refractivity contribution in [3.63, 3.8) is 0 Å². The monoisotopic (exact) mass is 236 g/mol. The number of hydrogen-bond donors (Lipinski definition) is 0. The van der Waals surface area contributed by atoms with Crippen molar-refractivity contribution in [1.29, 1.82) is 0 Å². The van der Waals surface area contributed by atoms with Crippen LogP contribution in [-0.2, 0) is 16.0 Å². The molecule has 0 atom stereocenters. The minimum absolute atomic E-state index is 0.169. The van der Waals surface area contributed by atoms with Crippen LogP contribution in [0, 0.1) is 20.8 Å². The van der Waals surface area contributed by atoms with E-state index in [1.54, 1.807) is 7.11 Å². The highest BCUT2D eigenvalue weighted by Crippen LogP contribution is 2.28. The second-order valence-corrected chi connectivity index (χ2v) is 4.20. The van der Waals surface area contributed by atoms with Gasteiger partial charge >= 0.3 is 5.97 Å². The average Bonchev–Trinajstić information content (AvgIpc) is 2.33. The fourth-order valence-corrected chi connectivity index (χ4v) is 2.02. The number of benzene rings is 1. The van der Waals surface area contributed by atoms with E-state index in [4.69, 9.17) is 4.74 Å². The van der Waals surface area contributed by atoms with E-state index in [2.05, 4.69) is 11.7 Å². The van der Waals surface area contributed by atoms with Gasteiger partial charge in [0.1, 0.15) is 5.75 Å². The van der Waals surface area contributed by atoms with Gasteiger partial charge in [0.25, 0.3) is 0 Å². The minimum Gasteiger partial charge on any atom is -0.496 e. The lowest BCUT2D eigenvalue weighted by molar-refractivity contribution is -0.140. The molecule has 3 nitrogen and oxygen atoms in total. The number of ether oxygens (including phenoxy) is 2. The van der Waals surface area contributed by atoms with Crippen LogP contribution in [0.3, 0.4) is 0 Å². The number of carbonyl (C=O) groups is 1. The lowest BCUT2D eigenvalue weighted by Crippen LogP contribution is -2.05. The van der Waals surface area contributed by atoms with Gasteiger partial charge in [-0.25, -0.2) is 0 Å². The van der Waals surface area contributed by atoms with E-state index in [0.29, 0.717) is 6.42 Å². The van der Waals surface area contributed by atoms with Crippen LogP contribution in [-0.4, -0.2) is 20.2 Å². The molecule has 1 rings (SSSR count). The third-order valence-electron chi connectivity index (χ3n) is 3.24. The molecule has 0 unspecified atom stereocenters. The summed E-state index contributed by atoms with van der Waals surface area (Å²) < 4.78 is 9.98. The first kappa shape index (κ1) is 13.6. The number of aryl methyl sites for hydroxylation is 1. The molecule has 0 aliphatic rings. The topological polar surface area (TPSA) is 35.5 Å². The van der Waals surface area contributed by atoms with Gasteiger partial charge in [-0.2, -0.15) is 0 Å². The third-order valence-corrected chi connectivity index (χ3v) is 3.24. The van der Waals surface area contributed by atoms with Crippen LogP contribution in [0.1, 0.15) is 28.7 Å². The smallest absolute Gasteiger partial charge is 0.305 e. The number of esters is 1. The molecule has 0 spiro atoms. The number of carbonyl (C=O) groups excluding carboxylic acids is 1. The molecule has 0 amide bonds. The zero-order valence-corrected chi connectivity index (χ0v) is 11.2. The van der Waals surface area contributed by atoms with Gasteiger partial charge in [0.2, 0.25) is 0 Å². The van der Waals surface area contributed by atoms with E-state index < -0.39 is 0 Å². The van der Waals surface area contributed by atoms with Crippen molar-refractivity contribution in [2.75, 3.05) is 14.2 Å². The summed E-state index contributed by atoms with van der Waals surface area (Å²) in [6.07, 6.45) is 1.14. The molecular formula is C14H20O3. The highest BCUT2D eigenvalue weighted by atomic mass is 16.5. The van der Waals surface area contributed by atoms with Crippen LogP contribution >= 0.6 is 0 Å². The van der Waals surface area contributed by atoms with Crippen molar-refractivity contribution in [3.8, 4) is 5.75 Å². The zero-order chi connectivity index (χ0) is 13.0. The summed E-state index contributed by atoms with van der Waals surface area (Å²) in [5, 5.41) is 0. The molecule has 0 saturated carbocycles. The Morgan fingerprint density at radius 3 is 2.35 bits per heavy atom. The van der Waals surface area contributed by atoms with E-state index in [1.807, 2.05) is 19.9 Å². The number of rotatable bonds is 4. The number of hydrogen-bond acceptors (Lipinski definition) is 3. The Morgan fingerprint density at radius 2 is 1.82 bits per heavy atom. The van der Waals surface area contributed by atoms with Gasteiger partial charge in [0.15, 0.2) is 0 Å². The molecule has 0 heterocycles. The normalized spacial score (nSPS) is 10.2. The highest BCUT2D eigenvalue weighted by molar-refractivity contribution is 5.69. The van der Waals surface area contributed by atoms with E-state index in [0.717, 1.165) is 23.3 Å². The van der Waals surface area contributed by atoms with Crippen LogP contribution < -0.4 is 4.74 Å². The molecule has 3 heteroatoms. The molecule has 0 aromatic heterocycles. The second kappa shape index (κ2) is 5.71. The van der Waals surface area contributed by atoms with E-state index >= 15 is 0 Å². The summed E-state index contributed by atoms with van der Waals surface area (Å²) >= 11 is 0. The molecule has 0 aliphatic carbocycles. The van der Waals surface area contributed by atoms with Crippen molar-refractivity contribution < 1.29 is 14.3 Å². The molecule has 0 radical (unpaired) electrons. The summed E-state index contributed by atoms with van der Waals surface area (Å²) in [5.74, 6) is 0.735. The molecule has 1 aromatic rings. The molecule has 0 N–H and O–H groups in total. The van der Waals surface area contributed by atoms with Crippen molar-refractivity contribution in [1.82, 2.24) is 0 Å². The first-order valence-electron chi connectivity index (χ1n) is 5.71. The lowest BCUT2D eigenvalue weighted by atomic mass is 9.94. The maximum absolute atomic E-state index is 11.2. The predicted molar refractivity (Wildman–Crippen MR) is 67.5 cm³/mol. The Morgan fingerprint density at radius 1 is 1.18 bits per heavy atom. The van der Waals surface area contributed by atoms with Crippen LogP contribution in [0.2, 0.25) is 0 Å². The zero-order valence-electron chi connectivity index (χ0n) is 11.2. The Bertz CT molecular complexity index is 422. The standard InChI is InChI=1S/C14H20O3/c1-9-8-13(16-4)11(3)10(2)12(9)6-7-14(15)17-5/h8H,6-7H2,1-5H3. The first-order chi connectivity index (χ1) is 8.01. The Labute approximate surface area is 103 Å². The maximum Gasteiger partial charge on any atom is 0.305 e. The van der Waals surface area contributed by atoms with E-state index in [9.17, 15) is 4.79 Å². The molecule has 17 heavy (non-hydrogen) atoms. The number of methoxy groups -OCH3 is 2. The van der Waals surface area contributed by atoms with Gasteiger partial charge in [-0.05, 0) is 55.5 Å². The third kappa shape index (κ3) is 2.99. The predicted octanol–water partition coefficient (Wildman–Crippen LogP) is 2.73. The van der Waals surface area contributed by atoms with Crippen molar-refractivity contribution in [2.24, 2.45) is 0 Å².